The number of para-hydroxylation sites is 1. The number of amides is 1. The number of benzene rings is 1. The van der Waals surface area contributed by atoms with Crippen molar-refractivity contribution < 1.29 is 14.3 Å². The Hall–Kier alpha value is -2.60. The molecule has 1 amide bonds. The minimum absolute atomic E-state index is 0.216. The molecule has 6 nitrogen and oxygen atoms in total. The normalized spacial score (nSPS) is 10.2. The highest BCUT2D eigenvalue weighted by atomic mass is 16.5. The maximum atomic E-state index is 12.2. The Labute approximate surface area is 142 Å². The molecule has 0 aliphatic carbocycles. The van der Waals surface area contributed by atoms with Gasteiger partial charge in [0, 0.05) is 32.4 Å². The first-order valence-corrected chi connectivity index (χ1v) is 7.83. The van der Waals surface area contributed by atoms with E-state index in [1.54, 1.807) is 26.5 Å². The summed E-state index contributed by atoms with van der Waals surface area (Å²) in [5.74, 6) is 0.535. The minimum Gasteiger partial charge on any atom is -0.496 e. The quantitative estimate of drug-likeness (QED) is 0.692. The summed E-state index contributed by atoms with van der Waals surface area (Å²) < 4.78 is 10.3. The summed E-state index contributed by atoms with van der Waals surface area (Å²) in [6.45, 7) is 1.90. The van der Waals surface area contributed by atoms with E-state index < -0.39 is 0 Å². The van der Waals surface area contributed by atoms with E-state index in [4.69, 9.17) is 9.47 Å². The molecular formula is C18H23N3O3. The van der Waals surface area contributed by atoms with Gasteiger partial charge in [-0.25, -0.2) is 4.98 Å². The molecule has 0 saturated carbocycles. The Bertz CT molecular complexity index is 644. The standard InChI is InChI=1S/C18H23N3O3/c1-23-11-5-10-19-15-8-9-16(20-13-15)18(22)21-12-14-6-3-4-7-17(14)24-2/h3-4,6-9,13,19H,5,10-12H2,1-2H3,(H,21,22). The highest BCUT2D eigenvalue weighted by Gasteiger charge is 2.08. The molecule has 6 heteroatoms. The van der Waals surface area contributed by atoms with Crippen LogP contribution in [-0.2, 0) is 11.3 Å². The van der Waals surface area contributed by atoms with Crippen LogP contribution in [0.2, 0.25) is 0 Å². The zero-order valence-electron chi connectivity index (χ0n) is 14.0. The predicted molar refractivity (Wildman–Crippen MR) is 93.4 cm³/mol. The summed E-state index contributed by atoms with van der Waals surface area (Å²) in [5.41, 5.74) is 2.18. The van der Waals surface area contributed by atoms with Gasteiger partial charge in [0.15, 0.2) is 0 Å². The Kier molecular flexibility index (Phi) is 7.04. The van der Waals surface area contributed by atoms with Crippen molar-refractivity contribution in [2.24, 2.45) is 0 Å². The third-order valence-electron chi connectivity index (χ3n) is 3.48. The average Bonchev–Trinajstić information content (AvgIpc) is 2.64. The van der Waals surface area contributed by atoms with Gasteiger partial charge < -0.3 is 20.1 Å². The van der Waals surface area contributed by atoms with Crippen molar-refractivity contribution in [2.75, 3.05) is 32.7 Å². The number of nitrogens with one attached hydrogen (secondary N) is 2. The van der Waals surface area contributed by atoms with Gasteiger partial charge in [0.1, 0.15) is 11.4 Å². The van der Waals surface area contributed by atoms with Crippen LogP contribution in [0.1, 0.15) is 22.5 Å². The van der Waals surface area contributed by atoms with E-state index in [9.17, 15) is 4.79 Å². The van der Waals surface area contributed by atoms with Crippen LogP contribution in [0, 0.1) is 0 Å². The highest BCUT2D eigenvalue weighted by molar-refractivity contribution is 5.92. The summed E-state index contributed by atoms with van der Waals surface area (Å²) in [7, 11) is 3.29. The van der Waals surface area contributed by atoms with E-state index in [2.05, 4.69) is 15.6 Å². The van der Waals surface area contributed by atoms with E-state index in [0.29, 0.717) is 18.8 Å². The monoisotopic (exact) mass is 329 g/mol. The van der Waals surface area contributed by atoms with Crippen molar-refractivity contribution in [2.45, 2.75) is 13.0 Å². The van der Waals surface area contributed by atoms with E-state index in [1.807, 2.05) is 30.3 Å². The van der Waals surface area contributed by atoms with Gasteiger partial charge in [-0.3, -0.25) is 4.79 Å². The molecule has 0 spiro atoms. The van der Waals surface area contributed by atoms with Gasteiger partial charge in [0.25, 0.3) is 5.91 Å². The van der Waals surface area contributed by atoms with Gasteiger partial charge >= 0.3 is 0 Å². The van der Waals surface area contributed by atoms with Gasteiger partial charge in [-0.1, -0.05) is 18.2 Å². The van der Waals surface area contributed by atoms with E-state index in [1.165, 1.54) is 0 Å². The minimum atomic E-state index is -0.216. The molecule has 2 rings (SSSR count). The van der Waals surface area contributed by atoms with Gasteiger partial charge in [0.2, 0.25) is 0 Å². The second kappa shape index (κ2) is 9.52. The molecule has 0 fully saturated rings. The first-order valence-electron chi connectivity index (χ1n) is 7.83. The van der Waals surface area contributed by atoms with Crippen molar-refractivity contribution >= 4 is 11.6 Å². The lowest BCUT2D eigenvalue weighted by atomic mass is 10.2. The summed E-state index contributed by atoms with van der Waals surface area (Å²) in [6, 6.07) is 11.1. The number of pyridine rings is 1. The Morgan fingerprint density at radius 3 is 2.71 bits per heavy atom. The maximum Gasteiger partial charge on any atom is 0.270 e. The Morgan fingerprint density at radius 2 is 2.00 bits per heavy atom. The number of rotatable bonds is 9. The van der Waals surface area contributed by atoms with E-state index in [0.717, 1.165) is 30.0 Å². The van der Waals surface area contributed by atoms with Gasteiger partial charge in [-0.15, -0.1) is 0 Å². The number of nitrogens with zero attached hydrogens (tertiary/aromatic N) is 1. The Balaban J connectivity index is 1.86. The van der Waals surface area contributed by atoms with Crippen molar-refractivity contribution in [1.82, 2.24) is 10.3 Å². The smallest absolute Gasteiger partial charge is 0.270 e. The topological polar surface area (TPSA) is 72.5 Å². The molecule has 0 atom stereocenters. The molecule has 128 valence electrons. The Morgan fingerprint density at radius 1 is 1.17 bits per heavy atom. The number of ether oxygens (including phenoxy) is 2. The van der Waals surface area contributed by atoms with Gasteiger partial charge in [-0.2, -0.15) is 0 Å². The number of carbonyl (C=O) groups excluding carboxylic acids is 1. The summed E-state index contributed by atoms with van der Waals surface area (Å²) in [4.78, 5) is 16.4. The van der Waals surface area contributed by atoms with Crippen LogP contribution >= 0.6 is 0 Å². The molecule has 0 unspecified atom stereocenters. The predicted octanol–water partition coefficient (Wildman–Crippen LogP) is 2.47. The van der Waals surface area contributed by atoms with Crippen LogP contribution in [0.25, 0.3) is 0 Å². The van der Waals surface area contributed by atoms with Crippen LogP contribution in [-0.4, -0.2) is 38.3 Å². The number of anilines is 1. The lowest BCUT2D eigenvalue weighted by Gasteiger charge is -2.10. The molecule has 0 aliphatic rings. The second-order valence-corrected chi connectivity index (χ2v) is 5.20. The van der Waals surface area contributed by atoms with Crippen LogP contribution < -0.4 is 15.4 Å². The summed E-state index contributed by atoms with van der Waals surface area (Å²) >= 11 is 0. The average molecular weight is 329 g/mol. The fourth-order valence-corrected chi connectivity index (χ4v) is 2.20. The molecule has 24 heavy (non-hydrogen) atoms. The molecule has 0 aliphatic heterocycles. The number of aromatic nitrogens is 1. The second-order valence-electron chi connectivity index (χ2n) is 5.20. The molecule has 1 heterocycles. The molecule has 1 aromatic heterocycles. The third kappa shape index (κ3) is 5.24. The van der Waals surface area contributed by atoms with Crippen LogP contribution in [0.15, 0.2) is 42.6 Å². The SMILES string of the molecule is COCCCNc1ccc(C(=O)NCc2ccccc2OC)nc1. The zero-order chi connectivity index (χ0) is 17.2. The van der Waals surface area contributed by atoms with Crippen molar-refractivity contribution in [3.63, 3.8) is 0 Å². The van der Waals surface area contributed by atoms with Gasteiger partial charge in [-0.05, 0) is 24.6 Å². The molecule has 2 N–H and O–H groups in total. The maximum absolute atomic E-state index is 12.2. The van der Waals surface area contributed by atoms with E-state index >= 15 is 0 Å². The first-order chi connectivity index (χ1) is 11.7. The number of hydrogen-bond donors (Lipinski definition) is 2. The van der Waals surface area contributed by atoms with Crippen LogP contribution in [0.5, 0.6) is 5.75 Å². The molecule has 1 aromatic carbocycles. The highest BCUT2D eigenvalue weighted by Crippen LogP contribution is 2.16. The van der Waals surface area contributed by atoms with Crippen LogP contribution in [0.3, 0.4) is 0 Å². The molecule has 0 bridgehead atoms. The first kappa shape index (κ1) is 17.7. The largest absolute Gasteiger partial charge is 0.496 e. The summed E-state index contributed by atoms with van der Waals surface area (Å²) in [6.07, 6.45) is 2.57. The lowest BCUT2D eigenvalue weighted by molar-refractivity contribution is 0.0945. The summed E-state index contributed by atoms with van der Waals surface area (Å²) in [5, 5.41) is 6.08. The number of hydrogen-bond acceptors (Lipinski definition) is 5. The van der Waals surface area contributed by atoms with E-state index in [-0.39, 0.29) is 5.91 Å². The molecule has 0 radical (unpaired) electrons. The fraction of sp³-hybridized carbons (Fsp3) is 0.333. The molecule has 2 aromatic rings. The van der Waals surface area contributed by atoms with Crippen molar-refractivity contribution in [1.29, 1.82) is 0 Å². The number of carbonyl (C=O) groups is 1. The molecular weight excluding hydrogens is 306 g/mol. The fourth-order valence-electron chi connectivity index (χ4n) is 2.20. The molecule has 0 saturated heterocycles. The van der Waals surface area contributed by atoms with Crippen molar-refractivity contribution in [3.05, 3.63) is 53.9 Å². The van der Waals surface area contributed by atoms with Crippen LogP contribution in [0.4, 0.5) is 5.69 Å². The third-order valence-corrected chi connectivity index (χ3v) is 3.48. The number of methoxy groups -OCH3 is 2. The lowest BCUT2D eigenvalue weighted by Crippen LogP contribution is -2.24. The zero-order valence-corrected chi connectivity index (χ0v) is 14.0. The van der Waals surface area contributed by atoms with Crippen molar-refractivity contribution in [3.8, 4) is 5.75 Å². The van der Waals surface area contributed by atoms with Gasteiger partial charge in [0.05, 0.1) is 19.0 Å².